The Morgan fingerprint density at radius 1 is 0.971 bits per heavy atom. The van der Waals surface area contributed by atoms with Crippen molar-refractivity contribution in [1.29, 1.82) is 5.26 Å². The predicted molar refractivity (Wildman–Crippen MR) is 139 cm³/mol. The highest BCUT2D eigenvalue weighted by Crippen LogP contribution is 2.30. The van der Waals surface area contributed by atoms with Crippen LogP contribution in [0.1, 0.15) is 11.1 Å². The number of ether oxygens (including phenoxy) is 1. The molecule has 0 saturated carbocycles. The fourth-order valence-electron chi connectivity index (χ4n) is 3.59. The van der Waals surface area contributed by atoms with Crippen LogP contribution in [0, 0.1) is 11.3 Å². The van der Waals surface area contributed by atoms with Gasteiger partial charge in [-0.15, -0.1) is 0 Å². The molecule has 1 N–H and O–H groups in total. The van der Waals surface area contributed by atoms with E-state index in [-0.39, 0.29) is 19.1 Å². The Hall–Kier alpha value is -3.24. The molecule has 35 heavy (non-hydrogen) atoms. The van der Waals surface area contributed by atoms with Crippen LogP contribution in [0.4, 0.5) is 5.69 Å². The van der Waals surface area contributed by atoms with Gasteiger partial charge < -0.3 is 19.6 Å². The van der Waals surface area contributed by atoms with E-state index in [1.807, 2.05) is 59.5 Å². The van der Waals surface area contributed by atoms with Crippen molar-refractivity contribution < 1.29 is 14.6 Å². The van der Waals surface area contributed by atoms with Crippen molar-refractivity contribution in [3.63, 3.8) is 0 Å². The van der Waals surface area contributed by atoms with Gasteiger partial charge >= 0.3 is 0 Å². The molecule has 0 aromatic heterocycles. The summed E-state index contributed by atoms with van der Waals surface area (Å²) in [7, 11) is 0. The Labute approximate surface area is 215 Å². The van der Waals surface area contributed by atoms with E-state index in [0.29, 0.717) is 48.9 Å². The van der Waals surface area contributed by atoms with Crippen LogP contribution in [-0.4, -0.2) is 55.3 Å². The van der Waals surface area contributed by atoms with Crippen LogP contribution in [0.5, 0.6) is 5.75 Å². The fraction of sp³-hybridized carbons (Fsp3) is 0.259. The first kappa shape index (κ1) is 26.4. The van der Waals surface area contributed by atoms with Crippen molar-refractivity contribution in [3.8, 4) is 11.8 Å². The monoisotopic (exact) mass is 511 g/mol. The normalized spacial score (nSPS) is 12.9. The van der Waals surface area contributed by atoms with Crippen LogP contribution in [0.15, 0.2) is 72.8 Å². The van der Waals surface area contributed by atoms with E-state index in [9.17, 15) is 4.79 Å². The average Bonchev–Trinajstić information content (AvgIpc) is 2.89. The van der Waals surface area contributed by atoms with Crippen LogP contribution in [0.3, 0.4) is 0 Å². The van der Waals surface area contributed by atoms with Crippen LogP contribution < -0.4 is 9.64 Å². The number of carbonyl (C=O) groups is 1. The van der Waals surface area contributed by atoms with Gasteiger partial charge in [0.1, 0.15) is 12.4 Å². The lowest BCUT2D eigenvalue weighted by Gasteiger charge is -2.36. The third-order valence-corrected chi connectivity index (χ3v) is 5.98. The second kappa shape index (κ2) is 13.6. The number of benzene rings is 3. The first-order valence-electron chi connectivity index (χ1n) is 11.3. The van der Waals surface area contributed by atoms with Gasteiger partial charge in [-0.25, -0.2) is 0 Å². The largest absolute Gasteiger partial charge is 0.491 e. The van der Waals surface area contributed by atoms with Crippen molar-refractivity contribution in [2.45, 2.75) is 6.42 Å². The van der Waals surface area contributed by atoms with Gasteiger partial charge in [0.15, 0.2) is 0 Å². The van der Waals surface area contributed by atoms with Crippen molar-refractivity contribution in [1.82, 2.24) is 4.90 Å². The fourth-order valence-corrected chi connectivity index (χ4v) is 4.03. The number of carbonyl (C=O) groups excluding carboxylic acids is 1. The van der Waals surface area contributed by atoms with Crippen LogP contribution in [0.2, 0.25) is 10.0 Å². The van der Waals surface area contributed by atoms with Gasteiger partial charge in [-0.2, -0.15) is 5.26 Å². The van der Waals surface area contributed by atoms with Gasteiger partial charge in [0.2, 0.25) is 5.91 Å². The maximum Gasteiger partial charge on any atom is 0.227 e. The topological polar surface area (TPSA) is 76.8 Å². The molecule has 3 aromatic carbocycles. The minimum absolute atomic E-state index is 0.0438. The van der Waals surface area contributed by atoms with E-state index in [1.54, 1.807) is 18.2 Å². The smallest absolute Gasteiger partial charge is 0.227 e. The number of aliphatic hydroxyl groups excluding tert-OH is 1. The van der Waals surface area contributed by atoms with Crippen LogP contribution in [0.25, 0.3) is 0 Å². The molecule has 1 amide bonds. The minimum Gasteiger partial charge on any atom is -0.491 e. The molecule has 1 aliphatic rings. The number of anilines is 1. The molecule has 0 atom stereocenters. The zero-order chi connectivity index (χ0) is 25.0. The first-order valence-corrected chi connectivity index (χ1v) is 12.0. The maximum absolute atomic E-state index is 12.6. The predicted octanol–water partition coefficient (Wildman–Crippen LogP) is 4.81. The molecule has 182 valence electrons. The number of piperazine rings is 1. The molecular weight excluding hydrogens is 485 g/mol. The standard InChI is InChI=1S/C21H22ClN3O3.C6H5Cl/c22-19-14-18(28-12-11-26)5-6-20(19)24-7-9-25(10-8-24)21(27)13-16-1-3-17(15-23)4-2-16;7-6-4-2-1-3-5-6/h1-6,14,26H,7-13H2;1-5H. The SMILES string of the molecule is Clc1ccccc1.N#Cc1ccc(CC(=O)N2CCN(c3ccc(OCCO)cc3Cl)CC2)cc1. The van der Waals surface area contributed by atoms with Gasteiger partial charge in [-0.05, 0) is 42.0 Å². The summed E-state index contributed by atoms with van der Waals surface area (Å²) in [5.74, 6) is 0.710. The summed E-state index contributed by atoms with van der Waals surface area (Å²) in [6, 6.07) is 24.1. The van der Waals surface area contributed by atoms with Crippen LogP contribution in [-0.2, 0) is 11.2 Å². The summed E-state index contributed by atoms with van der Waals surface area (Å²) in [6.07, 6.45) is 0.337. The molecule has 4 rings (SSSR count). The maximum atomic E-state index is 12.6. The Bertz CT molecular complexity index is 1130. The Kier molecular flexibility index (Phi) is 10.2. The van der Waals surface area contributed by atoms with E-state index in [4.69, 9.17) is 38.3 Å². The van der Waals surface area contributed by atoms with Gasteiger partial charge in [-0.1, -0.05) is 53.5 Å². The summed E-state index contributed by atoms with van der Waals surface area (Å²) in [6.45, 7) is 2.86. The molecule has 8 heteroatoms. The average molecular weight is 512 g/mol. The quantitative estimate of drug-likeness (QED) is 0.513. The number of hydrogen-bond acceptors (Lipinski definition) is 5. The highest BCUT2D eigenvalue weighted by molar-refractivity contribution is 6.33. The van der Waals surface area contributed by atoms with Crippen molar-refractivity contribution in [3.05, 3.63) is 94.0 Å². The molecule has 0 aliphatic carbocycles. The summed E-state index contributed by atoms with van der Waals surface area (Å²) >= 11 is 11.9. The number of rotatable bonds is 6. The van der Waals surface area contributed by atoms with E-state index in [2.05, 4.69) is 11.0 Å². The molecule has 1 heterocycles. The Morgan fingerprint density at radius 3 is 2.20 bits per heavy atom. The lowest BCUT2D eigenvalue weighted by molar-refractivity contribution is -0.130. The number of nitriles is 1. The lowest BCUT2D eigenvalue weighted by Crippen LogP contribution is -2.49. The number of halogens is 2. The molecule has 0 bridgehead atoms. The molecule has 1 aliphatic heterocycles. The molecule has 6 nitrogen and oxygen atoms in total. The van der Waals surface area contributed by atoms with Gasteiger partial charge in [0.25, 0.3) is 0 Å². The van der Waals surface area contributed by atoms with Crippen molar-refractivity contribution >= 4 is 34.8 Å². The molecule has 1 saturated heterocycles. The first-order chi connectivity index (χ1) is 17.0. The summed E-state index contributed by atoms with van der Waals surface area (Å²) in [4.78, 5) is 16.6. The molecule has 0 unspecified atom stereocenters. The number of aliphatic hydroxyl groups is 1. The summed E-state index contributed by atoms with van der Waals surface area (Å²) < 4.78 is 5.37. The Balaban J connectivity index is 0.000000420. The Morgan fingerprint density at radius 2 is 1.66 bits per heavy atom. The zero-order valence-corrected chi connectivity index (χ0v) is 20.8. The molecule has 0 radical (unpaired) electrons. The highest BCUT2D eigenvalue weighted by Gasteiger charge is 2.22. The minimum atomic E-state index is -0.0438. The van der Waals surface area contributed by atoms with E-state index >= 15 is 0 Å². The number of nitrogens with zero attached hydrogens (tertiary/aromatic N) is 3. The zero-order valence-electron chi connectivity index (χ0n) is 19.2. The third-order valence-electron chi connectivity index (χ3n) is 5.42. The number of hydrogen-bond donors (Lipinski definition) is 1. The summed E-state index contributed by atoms with van der Waals surface area (Å²) in [5, 5.41) is 19.1. The van der Waals surface area contributed by atoms with E-state index in [1.165, 1.54) is 0 Å². The third kappa shape index (κ3) is 8.18. The van der Waals surface area contributed by atoms with Gasteiger partial charge in [0, 0.05) is 37.3 Å². The van der Waals surface area contributed by atoms with Crippen molar-refractivity contribution in [2.24, 2.45) is 0 Å². The summed E-state index contributed by atoms with van der Waals surface area (Å²) in [5.41, 5.74) is 2.42. The van der Waals surface area contributed by atoms with E-state index < -0.39 is 0 Å². The van der Waals surface area contributed by atoms with Crippen LogP contribution >= 0.6 is 23.2 Å². The number of amides is 1. The molecule has 3 aromatic rings. The molecule has 1 fully saturated rings. The molecular formula is C27H27Cl2N3O3. The van der Waals surface area contributed by atoms with E-state index in [0.717, 1.165) is 16.3 Å². The molecule has 0 spiro atoms. The van der Waals surface area contributed by atoms with Crippen molar-refractivity contribution in [2.75, 3.05) is 44.3 Å². The lowest BCUT2D eigenvalue weighted by atomic mass is 10.1. The highest BCUT2D eigenvalue weighted by atomic mass is 35.5. The second-order valence-electron chi connectivity index (χ2n) is 7.83. The second-order valence-corrected chi connectivity index (χ2v) is 8.68. The van der Waals surface area contributed by atoms with Gasteiger partial charge in [-0.3, -0.25) is 4.79 Å². The van der Waals surface area contributed by atoms with Gasteiger partial charge in [0.05, 0.1) is 35.4 Å².